The molecule has 0 aliphatic rings. The number of hydrogen-bond acceptors (Lipinski definition) is 3. The molecule has 4 nitrogen and oxygen atoms in total. The Balaban J connectivity index is 1.81. The Kier molecular flexibility index (Phi) is 4.82. The normalized spacial score (nSPS) is 10.8. The highest BCUT2D eigenvalue weighted by atomic mass is 79.9. The maximum atomic E-state index is 13.1. The molecular weight excluding hydrogens is 393 g/mol. The Morgan fingerprint density at radius 1 is 1.38 bits per heavy atom. The van der Waals surface area contributed by atoms with Gasteiger partial charge in [0, 0.05) is 21.8 Å². The highest BCUT2D eigenvalue weighted by Gasteiger charge is 2.19. The Labute approximate surface area is 151 Å². The first-order chi connectivity index (χ1) is 11.5. The van der Waals surface area contributed by atoms with Gasteiger partial charge in [0.1, 0.15) is 5.82 Å². The van der Waals surface area contributed by atoms with E-state index < -0.39 is 0 Å². The lowest BCUT2D eigenvalue weighted by molar-refractivity contribution is 0.0785. The summed E-state index contributed by atoms with van der Waals surface area (Å²) in [4.78, 5) is 15.4. The number of amides is 1. The highest BCUT2D eigenvalue weighted by Crippen LogP contribution is 2.22. The summed E-state index contributed by atoms with van der Waals surface area (Å²) >= 11 is 5.02. The molecule has 7 heteroatoms. The van der Waals surface area contributed by atoms with Gasteiger partial charge in [-0.3, -0.25) is 4.79 Å². The van der Waals surface area contributed by atoms with E-state index in [4.69, 9.17) is 0 Å². The van der Waals surface area contributed by atoms with E-state index in [1.54, 1.807) is 46.3 Å². The van der Waals surface area contributed by atoms with Crippen LogP contribution in [0.3, 0.4) is 0 Å². The van der Waals surface area contributed by atoms with Gasteiger partial charge < -0.3 is 4.90 Å². The second-order valence-electron chi connectivity index (χ2n) is 5.42. The van der Waals surface area contributed by atoms with Gasteiger partial charge in [0.15, 0.2) is 0 Å². The van der Waals surface area contributed by atoms with Crippen LogP contribution in [-0.4, -0.2) is 27.6 Å². The minimum absolute atomic E-state index is 0.0922. The van der Waals surface area contributed by atoms with E-state index >= 15 is 0 Å². The average Bonchev–Trinajstić information content (AvgIpc) is 3.13. The molecule has 0 saturated carbocycles. The standard InChI is InChI=1S/C17H15BrFN3OS/c1-11-16(8-20-22(11)14-5-3-13(19)4-6-14)17(23)21(2)9-15-7-12(18)10-24-15/h3-8,10H,9H2,1-2H3. The molecule has 1 amide bonds. The van der Waals surface area contributed by atoms with Crippen molar-refractivity contribution < 1.29 is 9.18 Å². The fourth-order valence-electron chi connectivity index (χ4n) is 2.41. The molecule has 0 N–H and O–H groups in total. The molecule has 124 valence electrons. The maximum Gasteiger partial charge on any atom is 0.257 e. The van der Waals surface area contributed by atoms with E-state index in [1.165, 1.54) is 12.1 Å². The molecule has 0 bridgehead atoms. The zero-order chi connectivity index (χ0) is 17.3. The number of aromatic nitrogens is 2. The van der Waals surface area contributed by atoms with Gasteiger partial charge in [0.25, 0.3) is 5.91 Å². The van der Waals surface area contributed by atoms with Crippen molar-refractivity contribution in [2.24, 2.45) is 0 Å². The number of benzene rings is 1. The summed E-state index contributed by atoms with van der Waals surface area (Å²) in [5.41, 5.74) is 1.99. The molecule has 0 spiro atoms. The van der Waals surface area contributed by atoms with Crippen LogP contribution in [0.15, 0.2) is 46.4 Å². The van der Waals surface area contributed by atoms with Crippen molar-refractivity contribution in [3.05, 3.63) is 68.3 Å². The third-order valence-corrected chi connectivity index (χ3v) is 5.36. The van der Waals surface area contributed by atoms with Crippen molar-refractivity contribution in [3.8, 4) is 5.69 Å². The quantitative estimate of drug-likeness (QED) is 0.641. The Morgan fingerprint density at radius 3 is 2.71 bits per heavy atom. The van der Waals surface area contributed by atoms with Crippen LogP contribution in [0.2, 0.25) is 0 Å². The van der Waals surface area contributed by atoms with Crippen LogP contribution >= 0.6 is 27.3 Å². The summed E-state index contributed by atoms with van der Waals surface area (Å²) in [5.74, 6) is -0.396. The summed E-state index contributed by atoms with van der Waals surface area (Å²) in [6, 6.07) is 8.02. The summed E-state index contributed by atoms with van der Waals surface area (Å²) in [6.07, 6.45) is 1.56. The molecule has 2 heterocycles. The van der Waals surface area contributed by atoms with Crippen molar-refractivity contribution in [1.82, 2.24) is 14.7 Å². The lowest BCUT2D eigenvalue weighted by Crippen LogP contribution is -2.26. The van der Waals surface area contributed by atoms with E-state index in [2.05, 4.69) is 21.0 Å². The molecule has 0 unspecified atom stereocenters. The molecule has 1 aromatic carbocycles. The van der Waals surface area contributed by atoms with Crippen LogP contribution in [0, 0.1) is 12.7 Å². The number of halogens is 2. The smallest absolute Gasteiger partial charge is 0.257 e. The fraction of sp³-hybridized carbons (Fsp3) is 0.176. The number of nitrogens with zero attached hydrogens (tertiary/aromatic N) is 3. The molecule has 0 saturated heterocycles. The number of hydrogen-bond donors (Lipinski definition) is 0. The van der Waals surface area contributed by atoms with Crippen molar-refractivity contribution >= 4 is 33.2 Å². The van der Waals surface area contributed by atoms with E-state index in [0.717, 1.165) is 20.7 Å². The largest absolute Gasteiger partial charge is 0.336 e. The number of thiophene rings is 1. The van der Waals surface area contributed by atoms with Crippen molar-refractivity contribution in [1.29, 1.82) is 0 Å². The van der Waals surface area contributed by atoms with Gasteiger partial charge in [-0.1, -0.05) is 0 Å². The van der Waals surface area contributed by atoms with Gasteiger partial charge in [-0.15, -0.1) is 11.3 Å². The summed E-state index contributed by atoms with van der Waals surface area (Å²) < 4.78 is 15.7. The first kappa shape index (κ1) is 16.9. The maximum absolute atomic E-state index is 13.1. The van der Waals surface area contributed by atoms with E-state index in [0.29, 0.717) is 12.1 Å². The summed E-state index contributed by atoms with van der Waals surface area (Å²) in [5, 5.41) is 6.26. The first-order valence-corrected chi connectivity index (χ1v) is 8.92. The van der Waals surface area contributed by atoms with Gasteiger partial charge in [-0.05, 0) is 53.2 Å². The molecule has 0 fully saturated rings. The number of rotatable bonds is 4. The van der Waals surface area contributed by atoms with Crippen LogP contribution in [0.5, 0.6) is 0 Å². The van der Waals surface area contributed by atoms with Crippen LogP contribution in [0.25, 0.3) is 5.69 Å². The van der Waals surface area contributed by atoms with Gasteiger partial charge >= 0.3 is 0 Å². The zero-order valence-electron chi connectivity index (χ0n) is 13.2. The highest BCUT2D eigenvalue weighted by molar-refractivity contribution is 9.10. The third kappa shape index (κ3) is 3.42. The SMILES string of the molecule is Cc1c(C(=O)N(C)Cc2cc(Br)cs2)cnn1-c1ccc(F)cc1. The molecule has 2 aromatic heterocycles. The molecule has 0 aliphatic heterocycles. The second-order valence-corrected chi connectivity index (χ2v) is 7.34. The van der Waals surface area contributed by atoms with Gasteiger partial charge in [0.05, 0.1) is 29.7 Å². The van der Waals surface area contributed by atoms with E-state index in [-0.39, 0.29) is 11.7 Å². The Hall–Kier alpha value is -1.99. The van der Waals surface area contributed by atoms with E-state index in [9.17, 15) is 9.18 Å². The predicted molar refractivity (Wildman–Crippen MR) is 96.1 cm³/mol. The lowest BCUT2D eigenvalue weighted by Gasteiger charge is -2.16. The van der Waals surface area contributed by atoms with Crippen LogP contribution < -0.4 is 0 Å². The monoisotopic (exact) mass is 407 g/mol. The zero-order valence-corrected chi connectivity index (χ0v) is 15.6. The second kappa shape index (κ2) is 6.86. The summed E-state index contributed by atoms with van der Waals surface area (Å²) in [7, 11) is 1.77. The number of carbonyl (C=O) groups is 1. The topological polar surface area (TPSA) is 38.1 Å². The van der Waals surface area contributed by atoms with Gasteiger partial charge in [-0.2, -0.15) is 5.10 Å². The lowest BCUT2D eigenvalue weighted by atomic mass is 10.2. The molecular formula is C17H15BrFN3OS. The van der Waals surface area contributed by atoms with Crippen molar-refractivity contribution in [2.75, 3.05) is 7.05 Å². The van der Waals surface area contributed by atoms with Crippen LogP contribution in [0.4, 0.5) is 4.39 Å². The Morgan fingerprint density at radius 2 is 2.08 bits per heavy atom. The predicted octanol–water partition coefficient (Wildman–Crippen LogP) is 4.42. The van der Waals surface area contributed by atoms with Crippen molar-refractivity contribution in [2.45, 2.75) is 13.5 Å². The molecule has 0 atom stereocenters. The van der Waals surface area contributed by atoms with Crippen LogP contribution in [-0.2, 0) is 6.54 Å². The fourth-order valence-corrected chi connectivity index (χ4v) is 3.91. The van der Waals surface area contributed by atoms with E-state index in [1.807, 2.05) is 18.4 Å². The minimum Gasteiger partial charge on any atom is -0.336 e. The Bertz CT molecular complexity index is 872. The molecule has 0 aliphatic carbocycles. The molecule has 0 radical (unpaired) electrons. The van der Waals surface area contributed by atoms with Gasteiger partial charge in [0.2, 0.25) is 0 Å². The average molecular weight is 408 g/mol. The first-order valence-electron chi connectivity index (χ1n) is 7.24. The van der Waals surface area contributed by atoms with Crippen molar-refractivity contribution in [3.63, 3.8) is 0 Å². The third-order valence-electron chi connectivity index (χ3n) is 3.67. The molecule has 3 rings (SSSR count). The number of carbonyl (C=O) groups excluding carboxylic acids is 1. The van der Waals surface area contributed by atoms with Crippen LogP contribution in [0.1, 0.15) is 20.9 Å². The molecule has 24 heavy (non-hydrogen) atoms. The molecule has 3 aromatic rings. The minimum atomic E-state index is -0.304. The summed E-state index contributed by atoms with van der Waals surface area (Å²) in [6.45, 7) is 2.37. The van der Waals surface area contributed by atoms with Gasteiger partial charge in [-0.25, -0.2) is 9.07 Å².